The van der Waals surface area contributed by atoms with E-state index in [0.717, 1.165) is 49.5 Å². The second-order valence-electron chi connectivity index (χ2n) is 11.9. The van der Waals surface area contributed by atoms with Gasteiger partial charge in [0.15, 0.2) is 0 Å². The van der Waals surface area contributed by atoms with Crippen molar-refractivity contribution in [3.63, 3.8) is 0 Å². The third-order valence-electron chi connectivity index (χ3n) is 8.76. The molecule has 1 saturated heterocycles. The SMILES string of the molecule is CCOc1cc(O[C@H]2CCc3c(-c4cccc(OCCCN5CCC5(C)C)c4C)cccc32)c(Cl)cc1CNCCO. The van der Waals surface area contributed by atoms with Gasteiger partial charge in [0.05, 0.1) is 24.8 Å². The maximum Gasteiger partial charge on any atom is 0.142 e. The Kier molecular flexibility index (Phi) is 10.00. The Hall–Kier alpha value is -2.77. The van der Waals surface area contributed by atoms with Gasteiger partial charge >= 0.3 is 0 Å². The summed E-state index contributed by atoms with van der Waals surface area (Å²) in [5, 5.41) is 12.9. The van der Waals surface area contributed by atoms with E-state index in [1.54, 1.807) is 0 Å². The van der Waals surface area contributed by atoms with Gasteiger partial charge in [0.1, 0.15) is 23.4 Å². The van der Waals surface area contributed by atoms with Crippen molar-refractivity contribution in [2.75, 3.05) is 39.5 Å². The number of rotatable bonds is 14. The van der Waals surface area contributed by atoms with E-state index in [-0.39, 0.29) is 12.7 Å². The molecule has 0 bridgehead atoms. The molecule has 5 rings (SSSR count). The Labute approximate surface area is 255 Å². The zero-order chi connectivity index (χ0) is 29.7. The first kappa shape index (κ1) is 30.7. The van der Waals surface area contributed by atoms with E-state index in [0.29, 0.717) is 36.0 Å². The zero-order valence-corrected chi connectivity index (χ0v) is 26.2. The van der Waals surface area contributed by atoms with Crippen LogP contribution in [0, 0.1) is 6.92 Å². The summed E-state index contributed by atoms with van der Waals surface area (Å²) in [6.45, 7) is 13.5. The molecular weight excluding hydrogens is 548 g/mol. The summed E-state index contributed by atoms with van der Waals surface area (Å²) < 4.78 is 18.8. The zero-order valence-electron chi connectivity index (χ0n) is 25.5. The Morgan fingerprint density at radius 2 is 1.86 bits per heavy atom. The highest BCUT2D eigenvalue weighted by molar-refractivity contribution is 6.32. The lowest BCUT2D eigenvalue weighted by Gasteiger charge is -2.48. The minimum absolute atomic E-state index is 0.0797. The predicted octanol–water partition coefficient (Wildman–Crippen LogP) is 7.12. The molecule has 2 aliphatic rings. The highest BCUT2D eigenvalue weighted by atomic mass is 35.5. The number of hydrogen-bond donors (Lipinski definition) is 2. The number of nitrogens with one attached hydrogen (secondary N) is 1. The molecule has 226 valence electrons. The molecule has 1 heterocycles. The second kappa shape index (κ2) is 13.7. The minimum Gasteiger partial charge on any atom is -0.493 e. The van der Waals surface area contributed by atoms with Crippen LogP contribution in [0.4, 0.5) is 0 Å². The number of fused-ring (bicyclic) bond motifs is 1. The van der Waals surface area contributed by atoms with Crippen molar-refractivity contribution < 1.29 is 19.3 Å². The van der Waals surface area contributed by atoms with Crippen LogP contribution < -0.4 is 19.5 Å². The van der Waals surface area contributed by atoms with Gasteiger partial charge in [-0.15, -0.1) is 0 Å². The molecule has 6 nitrogen and oxygen atoms in total. The molecule has 1 atom stereocenters. The molecule has 7 heteroatoms. The number of ether oxygens (including phenoxy) is 3. The molecule has 3 aromatic carbocycles. The number of likely N-dealkylation sites (tertiary alicyclic amines) is 1. The molecule has 0 unspecified atom stereocenters. The molecule has 0 amide bonds. The first-order valence-corrected chi connectivity index (χ1v) is 15.7. The molecule has 0 saturated carbocycles. The molecule has 2 N–H and O–H groups in total. The summed E-state index contributed by atoms with van der Waals surface area (Å²) in [7, 11) is 0. The van der Waals surface area contributed by atoms with Crippen LogP contribution >= 0.6 is 11.6 Å². The van der Waals surface area contributed by atoms with Gasteiger partial charge in [0.2, 0.25) is 0 Å². The van der Waals surface area contributed by atoms with Crippen LogP contribution in [0.15, 0.2) is 48.5 Å². The molecule has 1 aliphatic carbocycles. The summed E-state index contributed by atoms with van der Waals surface area (Å²) in [5.74, 6) is 2.33. The Bertz CT molecular complexity index is 1380. The van der Waals surface area contributed by atoms with Crippen LogP contribution in [0.25, 0.3) is 11.1 Å². The maximum absolute atomic E-state index is 9.11. The van der Waals surface area contributed by atoms with Crippen LogP contribution in [-0.2, 0) is 13.0 Å². The van der Waals surface area contributed by atoms with E-state index in [2.05, 4.69) is 67.4 Å². The summed E-state index contributed by atoms with van der Waals surface area (Å²) in [5.41, 5.74) is 7.45. The number of aliphatic hydroxyl groups excluding tert-OH is 1. The number of aliphatic hydroxyl groups is 1. The normalized spacial score (nSPS) is 17.5. The lowest BCUT2D eigenvalue weighted by atomic mass is 9.89. The van der Waals surface area contributed by atoms with E-state index in [4.69, 9.17) is 30.9 Å². The van der Waals surface area contributed by atoms with Crippen molar-refractivity contribution in [2.45, 2.75) is 71.6 Å². The predicted molar refractivity (Wildman–Crippen MR) is 170 cm³/mol. The van der Waals surface area contributed by atoms with E-state index in [1.807, 2.05) is 19.1 Å². The molecule has 1 aliphatic heterocycles. The summed E-state index contributed by atoms with van der Waals surface area (Å²) in [6.07, 6.45) is 4.04. The number of halogens is 1. The largest absolute Gasteiger partial charge is 0.493 e. The topological polar surface area (TPSA) is 63.2 Å². The van der Waals surface area contributed by atoms with Crippen molar-refractivity contribution in [1.29, 1.82) is 0 Å². The molecule has 3 aromatic rings. The lowest BCUT2D eigenvalue weighted by molar-refractivity contribution is 0.0123. The monoisotopic (exact) mass is 592 g/mol. The van der Waals surface area contributed by atoms with E-state index in [1.165, 1.54) is 40.8 Å². The molecule has 0 radical (unpaired) electrons. The fourth-order valence-electron chi connectivity index (χ4n) is 6.17. The van der Waals surface area contributed by atoms with E-state index >= 15 is 0 Å². The molecule has 0 aromatic heterocycles. The molecule has 0 spiro atoms. The summed E-state index contributed by atoms with van der Waals surface area (Å²) >= 11 is 6.71. The molecule has 42 heavy (non-hydrogen) atoms. The average molecular weight is 593 g/mol. The van der Waals surface area contributed by atoms with Crippen LogP contribution in [0.5, 0.6) is 17.2 Å². The second-order valence-corrected chi connectivity index (χ2v) is 12.3. The fourth-order valence-corrected chi connectivity index (χ4v) is 6.40. The minimum atomic E-state index is -0.0872. The maximum atomic E-state index is 9.11. The van der Waals surface area contributed by atoms with Gasteiger partial charge in [-0.1, -0.05) is 41.9 Å². The van der Waals surface area contributed by atoms with Gasteiger partial charge in [-0.2, -0.15) is 0 Å². The van der Waals surface area contributed by atoms with Crippen molar-refractivity contribution >= 4 is 11.6 Å². The first-order valence-electron chi connectivity index (χ1n) is 15.4. The van der Waals surface area contributed by atoms with Crippen molar-refractivity contribution in [1.82, 2.24) is 10.2 Å². The number of benzene rings is 3. The van der Waals surface area contributed by atoms with Gasteiger partial charge in [0.25, 0.3) is 0 Å². The van der Waals surface area contributed by atoms with Gasteiger partial charge < -0.3 is 24.6 Å². The lowest BCUT2D eigenvalue weighted by Crippen LogP contribution is -2.55. The number of hydrogen-bond acceptors (Lipinski definition) is 6. The summed E-state index contributed by atoms with van der Waals surface area (Å²) in [4.78, 5) is 2.54. The van der Waals surface area contributed by atoms with Gasteiger partial charge in [-0.3, -0.25) is 4.90 Å². The van der Waals surface area contributed by atoms with Crippen LogP contribution in [0.1, 0.15) is 68.4 Å². The third kappa shape index (κ3) is 6.73. The van der Waals surface area contributed by atoms with Crippen molar-refractivity contribution in [2.24, 2.45) is 0 Å². The van der Waals surface area contributed by atoms with Gasteiger partial charge in [-0.25, -0.2) is 0 Å². The standard InChI is InChI=1S/C35H45ClN2O4/c1-5-40-33-22-34(30(36)21-25(33)23-37-16-19-39)42-32-14-13-28-27(10-6-11-29(28)32)26-9-7-12-31(24(26)2)41-20-8-17-38-18-15-35(38,3)4/h6-7,9-12,21-22,32,37,39H,5,8,13-20,23H2,1-4H3/t32-/m0/s1. The highest BCUT2D eigenvalue weighted by Crippen LogP contribution is 2.44. The Morgan fingerprint density at radius 1 is 1.05 bits per heavy atom. The van der Waals surface area contributed by atoms with Gasteiger partial charge in [-0.05, 0) is 93.3 Å². The average Bonchev–Trinajstić information content (AvgIpc) is 3.38. The third-order valence-corrected chi connectivity index (χ3v) is 9.05. The number of nitrogens with zero attached hydrogens (tertiary/aromatic N) is 1. The van der Waals surface area contributed by atoms with E-state index < -0.39 is 0 Å². The Balaban J connectivity index is 1.30. The highest BCUT2D eigenvalue weighted by Gasteiger charge is 2.34. The van der Waals surface area contributed by atoms with Gasteiger partial charge in [0, 0.05) is 43.3 Å². The van der Waals surface area contributed by atoms with Crippen molar-refractivity contribution in [3.05, 3.63) is 75.8 Å². The van der Waals surface area contributed by atoms with E-state index in [9.17, 15) is 0 Å². The molecule has 1 fully saturated rings. The first-order chi connectivity index (χ1) is 20.3. The molecular formula is C35H45ClN2O4. The van der Waals surface area contributed by atoms with Crippen LogP contribution in [-0.4, -0.2) is 55.0 Å². The fraction of sp³-hybridized carbons (Fsp3) is 0.486. The Morgan fingerprint density at radius 3 is 2.60 bits per heavy atom. The van der Waals surface area contributed by atoms with Crippen LogP contribution in [0.2, 0.25) is 5.02 Å². The summed E-state index contributed by atoms with van der Waals surface area (Å²) in [6, 6.07) is 16.7. The van der Waals surface area contributed by atoms with Crippen molar-refractivity contribution in [3.8, 4) is 28.4 Å². The van der Waals surface area contributed by atoms with Crippen LogP contribution in [0.3, 0.4) is 0 Å². The quantitative estimate of drug-likeness (QED) is 0.194. The smallest absolute Gasteiger partial charge is 0.142 e.